The first-order valence-corrected chi connectivity index (χ1v) is 7.18. The average Bonchev–Trinajstić information content (AvgIpc) is 1.30. The lowest BCUT2D eigenvalue weighted by Crippen LogP contribution is -1.90. The molecule has 0 aromatic carbocycles. The van der Waals surface area contributed by atoms with Crippen LogP contribution in [0.25, 0.3) is 0 Å². The van der Waals surface area contributed by atoms with Crippen LogP contribution in [0.2, 0.25) is 0 Å². The fourth-order valence-electron chi connectivity index (χ4n) is 0.244. The van der Waals surface area contributed by atoms with Crippen molar-refractivity contribution >= 4 is 38.1 Å². The fraction of sp³-hybridized carbons (Fsp3) is 1.00. The molecule has 0 fully saturated rings. The molecule has 0 aliphatic rings. The van der Waals surface area contributed by atoms with Gasteiger partial charge in [0.05, 0.1) is 5.66 Å². The standard InChI is InChI=1S/C3H7IOS2/c1-2-3-7(4,5)6/h2-3H2,1H3. The number of rotatable bonds is 2. The van der Waals surface area contributed by atoms with Gasteiger partial charge in [0.2, 0.25) is 0 Å². The van der Waals surface area contributed by atoms with Crippen molar-refractivity contribution in [3.63, 3.8) is 0 Å². The third kappa shape index (κ3) is 7.10. The van der Waals surface area contributed by atoms with E-state index in [1.165, 1.54) is 0 Å². The van der Waals surface area contributed by atoms with E-state index in [9.17, 15) is 4.21 Å². The van der Waals surface area contributed by atoms with E-state index in [1.54, 1.807) is 0 Å². The van der Waals surface area contributed by atoms with Gasteiger partial charge in [0.1, 0.15) is 0 Å². The highest BCUT2D eigenvalue weighted by molar-refractivity contribution is 14.2. The van der Waals surface area contributed by atoms with Gasteiger partial charge in [-0.25, -0.2) is 4.21 Å². The summed E-state index contributed by atoms with van der Waals surface area (Å²) in [5.41, 5.74) is -1.87. The lowest BCUT2D eigenvalue weighted by Gasteiger charge is -1.88. The summed E-state index contributed by atoms with van der Waals surface area (Å²) in [6, 6.07) is 0. The predicted molar refractivity (Wildman–Crippen MR) is 44.7 cm³/mol. The summed E-state index contributed by atoms with van der Waals surface area (Å²) in [6.07, 6.45) is 0.922. The normalized spacial score (nSPS) is 18.6. The molecule has 1 atom stereocenters. The van der Waals surface area contributed by atoms with Gasteiger partial charge in [-0.15, -0.1) is 0 Å². The van der Waals surface area contributed by atoms with Gasteiger partial charge in [0.15, 0.2) is 0 Å². The summed E-state index contributed by atoms with van der Waals surface area (Å²) in [5, 5.41) is 0. The number of hydrogen-bond donors (Lipinski definition) is 0. The van der Waals surface area contributed by atoms with Gasteiger partial charge in [-0.05, 0) is 17.6 Å². The highest BCUT2D eigenvalue weighted by atomic mass is 127. The molecule has 0 aromatic rings. The number of hydrogen-bond acceptors (Lipinski definition) is 2. The maximum Gasteiger partial charge on any atom is 0.0853 e. The Morgan fingerprint density at radius 1 is 1.86 bits per heavy atom. The molecule has 7 heavy (non-hydrogen) atoms. The summed E-state index contributed by atoms with van der Waals surface area (Å²) in [6.45, 7) is 1.98. The Labute approximate surface area is 61.1 Å². The van der Waals surface area contributed by atoms with Crippen molar-refractivity contribution in [3.8, 4) is 0 Å². The molecule has 0 rings (SSSR count). The Bertz CT molecular complexity index is 126. The molecule has 0 bridgehead atoms. The van der Waals surface area contributed by atoms with Crippen molar-refractivity contribution in [1.29, 1.82) is 0 Å². The van der Waals surface area contributed by atoms with Crippen molar-refractivity contribution in [2.75, 3.05) is 5.75 Å². The fourth-order valence-corrected chi connectivity index (χ4v) is 2.55. The number of halogens is 1. The van der Waals surface area contributed by atoms with Gasteiger partial charge >= 0.3 is 0 Å². The van der Waals surface area contributed by atoms with Crippen LogP contribution >= 0.6 is 21.2 Å². The molecule has 0 N–H and O–H groups in total. The van der Waals surface area contributed by atoms with Crippen molar-refractivity contribution in [2.24, 2.45) is 0 Å². The molecule has 0 amide bonds. The molecule has 1 nitrogen and oxygen atoms in total. The van der Waals surface area contributed by atoms with Gasteiger partial charge < -0.3 is 0 Å². The van der Waals surface area contributed by atoms with E-state index in [0.29, 0.717) is 5.75 Å². The Morgan fingerprint density at radius 2 is 2.29 bits per heavy atom. The molecule has 0 saturated heterocycles. The van der Waals surface area contributed by atoms with Crippen LogP contribution in [0.3, 0.4) is 0 Å². The highest BCUT2D eigenvalue weighted by Crippen LogP contribution is 2.02. The molecule has 0 saturated carbocycles. The lowest BCUT2D eigenvalue weighted by molar-refractivity contribution is 0.690. The lowest BCUT2D eigenvalue weighted by atomic mass is 10.6. The molecular formula is C3H7IOS2. The summed E-state index contributed by atoms with van der Waals surface area (Å²) in [4.78, 5) is 0. The molecule has 0 aliphatic heterocycles. The summed E-state index contributed by atoms with van der Waals surface area (Å²) < 4.78 is 10.6. The molecular weight excluding hydrogens is 243 g/mol. The minimum atomic E-state index is -1.87. The first-order valence-electron chi connectivity index (χ1n) is 1.98. The average molecular weight is 250 g/mol. The molecule has 0 aromatic heterocycles. The van der Waals surface area contributed by atoms with Crippen molar-refractivity contribution < 1.29 is 4.21 Å². The van der Waals surface area contributed by atoms with Crippen LogP contribution in [0.4, 0.5) is 0 Å². The summed E-state index contributed by atoms with van der Waals surface area (Å²) in [7, 11) is 0. The monoisotopic (exact) mass is 250 g/mol. The van der Waals surface area contributed by atoms with Crippen LogP contribution in [0.5, 0.6) is 0 Å². The maximum atomic E-state index is 10.6. The zero-order valence-electron chi connectivity index (χ0n) is 4.02. The van der Waals surface area contributed by atoms with Crippen molar-refractivity contribution in [3.05, 3.63) is 0 Å². The van der Waals surface area contributed by atoms with E-state index in [-0.39, 0.29) is 0 Å². The van der Waals surface area contributed by atoms with Crippen molar-refractivity contribution in [1.82, 2.24) is 0 Å². The summed E-state index contributed by atoms with van der Waals surface area (Å²) in [5.74, 6) is 0.670. The molecule has 1 unspecified atom stereocenters. The minimum Gasteiger partial charge on any atom is -0.246 e. The summed E-state index contributed by atoms with van der Waals surface area (Å²) >= 11 is 6.42. The van der Waals surface area contributed by atoms with E-state index in [1.807, 2.05) is 28.1 Å². The topological polar surface area (TPSA) is 17.1 Å². The Kier molecular flexibility index (Phi) is 3.69. The van der Waals surface area contributed by atoms with Crippen LogP contribution in [-0.4, -0.2) is 9.96 Å². The van der Waals surface area contributed by atoms with Crippen LogP contribution in [0.15, 0.2) is 0 Å². The zero-order valence-corrected chi connectivity index (χ0v) is 7.81. The Morgan fingerprint density at radius 3 is 2.29 bits per heavy atom. The third-order valence-corrected chi connectivity index (χ3v) is 3.17. The zero-order chi connectivity index (χ0) is 5.91. The maximum absolute atomic E-state index is 10.6. The molecule has 4 heteroatoms. The van der Waals surface area contributed by atoms with E-state index < -0.39 is 5.66 Å². The van der Waals surface area contributed by atoms with Crippen LogP contribution in [0.1, 0.15) is 13.3 Å². The third-order valence-electron chi connectivity index (χ3n) is 0.448. The molecule has 0 aliphatic carbocycles. The second kappa shape index (κ2) is 3.19. The van der Waals surface area contributed by atoms with Crippen LogP contribution in [0, 0.1) is 0 Å². The van der Waals surface area contributed by atoms with Gasteiger partial charge in [-0.1, -0.05) is 6.92 Å². The van der Waals surface area contributed by atoms with Crippen molar-refractivity contribution in [2.45, 2.75) is 13.3 Å². The second-order valence-corrected chi connectivity index (χ2v) is 10.4. The Hall–Kier alpha value is 1.10. The highest BCUT2D eigenvalue weighted by Gasteiger charge is 1.93. The van der Waals surface area contributed by atoms with E-state index >= 15 is 0 Å². The van der Waals surface area contributed by atoms with E-state index in [2.05, 4.69) is 11.2 Å². The van der Waals surface area contributed by atoms with Gasteiger partial charge in [0, 0.05) is 27.0 Å². The molecule has 0 radical (unpaired) electrons. The van der Waals surface area contributed by atoms with Crippen LogP contribution in [-0.2, 0) is 16.9 Å². The quantitative estimate of drug-likeness (QED) is 0.545. The first kappa shape index (κ1) is 8.10. The SMILES string of the molecule is CCCS(=O)(=S)I. The van der Waals surface area contributed by atoms with Gasteiger partial charge in [-0.2, -0.15) is 0 Å². The van der Waals surface area contributed by atoms with E-state index in [0.717, 1.165) is 6.42 Å². The smallest absolute Gasteiger partial charge is 0.0853 e. The van der Waals surface area contributed by atoms with Gasteiger partial charge in [-0.3, -0.25) is 0 Å². The second-order valence-electron chi connectivity index (χ2n) is 1.24. The predicted octanol–water partition coefficient (Wildman–Crippen LogP) is 1.49. The van der Waals surface area contributed by atoms with Crippen LogP contribution < -0.4 is 0 Å². The van der Waals surface area contributed by atoms with Gasteiger partial charge in [0.25, 0.3) is 0 Å². The molecule has 0 heterocycles. The largest absolute Gasteiger partial charge is 0.246 e. The minimum absolute atomic E-state index is 0.670. The molecule has 0 spiro atoms. The Balaban J connectivity index is 3.60. The first-order chi connectivity index (χ1) is 3.06. The molecule has 44 valence electrons. The van der Waals surface area contributed by atoms with E-state index in [4.69, 9.17) is 0 Å².